The second kappa shape index (κ2) is 2.96. The number of epoxide rings is 1. The maximum Gasteiger partial charge on any atom is 0.126 e. The van der Waals surface area contributed by atoms with E-state index in [1.165, 1.54) is 25.7 Å². The zero-order valence-corrected chi connectivity index (χ0v) is 9.60. The van der Waals surface area contributed by atoms with E-state index in [1.807, 2.05) is 0 Å². The van der Waals surface area contributed by atoms with Crippen LogP contribution in [0.3, 0.4) is 0 Å². The Morgan fingerprint density at radius 2 is 2.00 bits per heavy atom. The van der Waals surface area contributed by atoms with Crippen LogP contribution in [0.25, 0.3) is 0 Å². The Bertz CT molecular complexity index is 236. The molecule has 1 N–H and O–H groups in total. The minimum Gasteiger partial charge on any atom is -0.393 e. The Labute approximate surface area is 86.6 Å². The van der Waals surface area contributed by atoms with Gasteiger partial charge in [-0.25, -0.2) is 0 Å². The number of hydrogen-bond acceptors (Lipinski definition) is 2. The van der Waals surface area contributed by atoms with E-state index < -0.39 is 0 Å². The molecule has 2 nitrogen and oxygen atoms in total. The van der Waals surface area contributed by atoms with Crippen LogP contribution in [0.4, 0.5) is 0 Å². The second-order valence-corrected chi connectivity index (χ2v) is 5.48. The van der Waals surface area contributed by atoms with Crippen molar-refractivity contribution in [2.24, 2.45) is 5.41 Å². The molecule has 1 heterocycles. The Kier molecular flexibility index (Phi) is 2.20. The molecule has 0 aromatic heterocycles. The molecule has 0 bridgehead atoms. The van der Waals surface area contributed by atoms with Gasteiger partial charge in [-0.2, -0.15) is 0 Å². The monoisotopic (exact) mass is 198 g/mol. The van der Waals surface area contributed by atoms with Crippen LogP contribution in [0.1, 0.15) is 52.9 Å². The van der Waals surface area contributed by atoms with Crippen molar-refractivity contribution in [2.45, 2.75) is 64.1 Å². The summed E-state index contributed by atoms with van der Waals surface area (Å²) >= 11 is 0. The third kappa shape index (κ3) is 1.04. The summed E-state index contributed by atoms with van der Waals surface area (Å²) in [4.78, 5) is 0. The number of ether oxygens (including phenoxy) is 1. The highest BCUT2D eigenvalue weighted by Crippen LogP contribution is 2.66. The lowest BCUT2D eigenvalue weighted by Crippen LogP contribution is -2.47. The van der Waals surface area contributed by atoms with Crippen LogP contribution < -0.4 is 0 Å². The average Bonchev–Trinajstić information content (AvgIpc) is 2.75. The van der Waals surface area contributed by atoms with E-state index in [0.717, 1.165) is 6.42 Å². The molecule has 0 radical (unpaired) electrons. The van der Waals surface area contributed by atoms with Crippen LogP contribution in [0.15, 0.2) is 0 Å². The first-order valence-electron chi connectivity index (χ1n) is 5.85. The minimum atomic E-state index is -0.214. The molecule has 1 aliphatic heterocycles. The van der Waals surface area contributed by atoms with Gasteiger partial charge in [0.05, 0.1) is 12.2 Å². The van der Waals surface area contributed by atoms with Crippen LogP contribution in [0.5, 0.6) is 0 Å². The first-order valence-corrected chi connectivity index (χ1v) is 5.85. The maximum atomic E-state index is 9.59. The lowest BCUT2D eigenvalue weighted by molar-refractivity contribution is 0.0385. The molecule has 1 saturated carbocycles. The predicted molar refractivity (Wildman–Crippen MR) is 56.2 cm³/mol. The van der Waals surface area contributed by atoms with Gasteiger partial charge in [0.2, 0.25) is 0 Å². The molecule has 2 aliphatic rings. The fourth-order valence-corrected chi connectivity index (χ4v) is 3.66. The lowest BCUT2D eigenvalue weighted by atomic mass is 9.61. The molecular formula is C12H22O2. The van der Waals surface area contributed by atoms with Crippen molar-refractivity contribution >= 4 is 0 Å². The molecule has 0 amide bonds. The first-order chi connectivity index (χ1) is 6.54. The maximum absolute atomic E-state index is 9.59. The van der Waals surface area contributed by atoms with E-state index in [9.17, 15) is 5.11 Å². The fraction of sp³-hybridized carbons (Fsp3) is 1.00. The van der Waals surface area contributed by atoms with Crippen LogP contribution >= 0.6 is 0 Å². The van der Waals surface area contributed by atoms with Gasteiger partial charge in [0.25, 0.3) is 0 Å². The van der Waals surface area contributed by atoms with Gasteiger partial charge in [0, 0.05) is 5.41 Å². The normalized spacial score (nSPS) is 51.4. The second-order valence-electron chi connectivity index (χ2n) is 5.48. The molecule has 1 saturated heterocycles. The molecule has 1 aliphatic carbocycles. The Balaban J connectivity index is 2.25. The highest BCUT2D eigenvalue weighted by atomic mass is 16.6. The van der Waals surface area contributed by atoms with E-state index in [1.54, 1.807) is 0 Å². The van der Waals surface area contributed by atoms with E-state index >= 15 is 0 Å². The van der Waals surface area contributed by atoms with Crippen molar-refractivity contribution in [3.63, 3.8) is 0 Å². The molecule has 0 aromatic carbocycles. The summed E-state index contributed by atoms with van der Waals surface area (Å²) < 4.78 is 5.92. The Morgan fingerprint density at radius 3 is 2.57 bits per heavy atom. The predicted octanol–water partition coefficient (Wildman–Crippen LogP) is 2.50. The van der Waals surface area contributed by atoms with Crippen molar-refractivity contribution in [3.05, 3.63) is 0 Å². The molecule has 2 fully saturated rings. The van der Waals surface area contributed by atoms with Crippen molar-refractivity contribution in [3.8, 4) is 0 Å². The van der Waals surface area contributed by atoms with Gasteiger partial charge < -0.3 is 9.84 Å². The third-order valence-electron chi connectivity index (χ3n) is 4.59. The number of fused-ring (bicyclic) bond motifs is 1. The Morgan fingerprint density at radius 1 is 1.29 bits per heavy atom. The molecule has 2 rings (SSSR count). The highest BCUT2D eigenvalue weighted by molar-refractivity contribution is 5.22. The van der Waals surface area contributed by atoms with Crippen LogP contribution in [-0.2, 0) is 4.74 Å². The van der Waals surface area contributed by atoms with E-state index in [4.69, 9.17) is 4.74 Å². The number of rotatable bonds is 3. The van der Waals surface area contributed by atoms with Crippen LogP contribution in [0, 0.1) is 5.41 Å². The summed E-state index contributed by atoms with van der Waals surface area (Å²) in [6.07, 6.45) is 5.92. The molecule has 2 heteroatoms. The van der Waals surface area contributed by atoms with Crippen LogP contribution in [-0.4, -0.2) is 22.9 Å². The van der Waals surface area contributed by atoms with Gasteiger partial charge in [-0.1, -0.05) is 20.3 Å². The van der Waals surface area contributed by atoms with Crippen molar-refractivity contribution in [1.82, 2.24) is 0 Å². The van der Waals surface area contributed by atoms with E-state index in [2.05, 4.69) is 20.8 Å². The summed E-state index contributed by atoms with van der Waals surface area (Å²) in [6.45, 7) is 6.86. The first kappa shape index (κ1) is 10.4. The van der Waals surface area contributed by atoms with Crippen molar-refractivity contribution in [1.29, 1.82) is 0 Å². The molecular weight excluding hydrogens is 176 g/mol. The topological polar surface area (TPSA) is 32.8 Å². The van der Waals surface area contributed by atoms with Gasteiger partial charge in [-0.3, -0.25) is 0 Å². The van der Waals surface area contributed by atoms with E-state index in [0.29, 0.717) is 0 Å². The van der Waals surface area contributed by atoms with Gasteiger partial charge in [0.15, 0.2) is 0 Å². The standard InChI is InChI=1S/C12H22O2/c1-4-6-10(2)7-5-8-11(3)12(10,9-13)14-11/h13H,4-9H2,1-3H3. The molecule has 0 spiro atoms. The quantitative estimate of drug-likeness (QED) is 0.707. The number of aliphatic hydroxyl groups is 1. The summed E-state index contributed by atoms with van der Waals surface area (Å²) in [5.74, 6) is 0. The highest BCUT2D eigenvalue weighted by Gasteiger charge is 2.75. The van der Waals surface area contributed by atoms with Gasteiger partial charge in [0.1, 0.15) is 5.60 Å². The molecule has 14 heavy (non-hydrogen) atoms. The van der Waals surface area contributed by atoms with E-state index in [-0.39, 0.29) is 23.2 Å². The zero-order valence-electron chi connectivity index (χ0n) is 9.60. The smallest absolute Gasteiger partial charge is 0.126 e. The Hall–Kier alpha value is -0.0800. The van der Waals surface area contributed by atoms with Gasteiger partial charge >= 0.3 is 0 Å². The van der Waals surface area contributed by atoms with Crippen molar-refractivity contribution < 1.29 is 9.84 Å². The minimum absolute atomic E-state index is 0.0239. The van der Waals surface area contributed by atoms with Crippen LogP contribution in [0.2, 0.25) is 0 Å². The zero-order chi connectivity index (χ0) is 10.4. The summed E-state index contributed by atoms with van der Waals surface area (Å²) in [7, 11) is 0. The molecule has 3 unspecified atom stereocenters. The SMILES string of the molecule is CCCC1(C)CCCC2(C)OC12CO. The summed E-state index contributed by atoms with van der Waals surface area (Å²) in [6, 6.07) is 0. The summed E-state index contributed by atoms with van der Waals surface area (Å²) in [5.41, 5.74) is -0.0400. The van der Waals surface area contributed by atoms with Crippen molar-refractivity contribution in [2.75, 3.05) is 6.61 Å². The summed E-state index contributed by atoms with van der Waals surface area (Å²) in [5, 5.41) is 9.59. The third-order valence-corrected chi connectivity index (χ3v) is 4.59. The van der Waals surface area contributed by atoms with Gasteiger partial charge in [-0.15, -0.1) is 0 Å². The fourth-order valence-electron chi connectivity index (χ4n) is 3.66. The molecule has 82 valence electrons. The molecule has 3 atom stereocenters. The number of hydrogen-bond donors (Lipinski definition) is 1. The largest absolute Gasteiger partial charge is 0.393 e. The number of aliphatic hydroxyl groups excluding tert-OH is 1. The average molecular weight is 198 g/mol. The molecule has 0 aromatic rings. The van der Waals surface area contributed by atoms with Gasteiger partial charge in [-0.05, 0) is 32.6 Å². The lowest BCUT2D eigenvalue weighted by Gasteiger charge is -2.40.